The SMILES string of the molecule is CC(C)(C)OC(=O)N1CCC(Nc2ccc(C3(C(F)(F)F)CC3)cn2)CC1. The second-order valence-corrected chi connectivity index (χ2v) is 8.40. The third-order valence-corrected chi connectivity index (χ3v) is 5.11. The predicted molar refractivity (Wildman–Crippen MR) is 95.7 cm³/mol. The van der Waals surface area contributed by atoms with E-state index in [0.717, 1.165) is 12.8 Å². The molecular formula is C19H26F3N3O2. The Hall–Kier alpha value is -1.99. The van der Waals surface area contributed by atoms with E-state index in [1.807, 2.05) is 20.8 Å². The summed E-state index contributed by atoms with van der Waals surface area (Å²) in [6.45, 7) is 6.64. The number of nitrogens with zero attached hydrogens (tertiary/aromatic N) is 2. The third-order valence-electron chi connectivity index (χ3n) is 5.11. The molecule has 3 rings (SSSR count). The number of ether oxygens (including phenoxy) is 1. The van der Waals surface area contributed by atoms with E-state index in [0.29, 0.717) is 18.9 Å². The van der Waals surface area contributed by atoms with Gasteiger partial charge in [-0.2, -0.15) is 13.2 Å². The Labute approximate surface area is 157 Å². The summed E-state index contributed by atoms with van der Waals surface area (Å²) < 4.78 is 44.9. The first kappa shape index (κ1) is 19.8. The number of hydrogen-bond donors (Lipinski definition) is 1. The van der Waals surface area contributed by atoms with Gasteiger partial charge in [0.05, 0.1) is 5.41 Å². The standard InChI is InChI=1S/C19H26F3N3O2/c1-17(2,3)27-16(26)25-10-6-14(7-11-25)24-15-5-4-13(12-23-15)18(8-9-18)19(20,21)22/h4-5,12,14H,6-11H2,1-3H3,(H,23,24). The van der Waals surface area contributed by atoms with Crippen molar-refractivity contribution in [1.29, 1.82) is 0 Å². The number of carbonyl (C=O) groups excluding carboxylic acids is 1. The summed E-state index contributed by atoms with van der Waals surface area (Å²) in [6, 6.07) is 3.26. The molecule has 1 aliphatic carbocycles. The minimum atomic E-state index is -4.22. The molecule has 27 heavy (non-hydrogen) atoms. The van der Waals surface area contributed by atoms with Gasteiger partial charge in [0.15, 0.2) is 0 Å². The lowest BCUT2D eigenvalue weighted by atomic mass is 9.97. The Morgan fingerprint density at radius 2 is 1.85 bits per heavy atom. The quantitative estimate of drug-likeness (QED) is 0.833. The normalized spacial score (nSPS) is 20.3. The number of piperidine rings is 1. The number of nitrogens with one attached hydrogen (secondary N) is 1. The minimum absolute atomic E-state index is 0.125. The molecule has 0 bridgehead atoms. The molecule has 1 saturated carbocycles. The zero-order valence-corrected chi connectivity index (χ0v) is 15.9. The molecule has 1 saturated heterocycles. The van der Waals surface area contributed by atoms with E-state index in [1.54, 1.807) is 11.0 Å². The summed E-state index contributed by atoms with van der Waals surface area (Å²) in [5.41, 5.74) is -1.98. The van der Waals surface area contributed by atoms with Gasteiger partial charge in [0.25, 0.3) is 0 Å². The molecule has 2 heterocycles. The second kappa shape index (κ2) is 6.87. The van der Waals surface area contributed by atoms with E-state index >= 15 is 0 Å². The van der Waals surface area contributed by atoms with Crippen molar-refractivity contribution in [2.75, 3.05) is 18.4 Å². The van der Waals surface area contributed by atoms with Crippen LogP contribution in [0.15, 0.2) is 18.3 Å². The Morgan fingerprint density at radius 1 is 1.22 bits per heavy atom. The number of aromatic nitrogens is 1. The summed E-state index contributed by atoms with van der Waals surface area (Å²) in [6.07, 6.45) is -1.48. The number of amides is 1. The van der Waals surface area contributed by atoms with Crippen LogP contribution in [0.1, 0.15) is 52.0 Å². The molecule has 1 aliphatic heterocycles. The molecular weight excluding hydrogens is 359 g/mol. The number of anilines is 1. The molecule has 150 valence electrons. The summed E-state index contributed by atoms with van der Waals surface area (Å²) >= 11 is 0. The van der Waals surface area contributed by atoms with Crippen molar-refractivity contribution in [2.45, 2.75) is 69.7 Å². The van der Waals surface area contributed by atoms with Crippen LogP contribution in [0, 0.1) is 0 Å². The average Bonchev–Trinajstić information content (AvgIpc) is 3.36. The maximum absolute atomic E-state index is 13.2. The van der Waals surface area contributed by atoms with E-state index in [4.69, 9.17) is 4.74 Å². The maximum atomic E-state index is 13.2. The van der Waals surface area contributed by atoms with Crippen molar-refractivity contribution in [3.8, 4) is 0 Å². The van der Waals surface area contributed by atoms with E-state index < -0.39 is 17.2 Å². The number of hydrogen-bond acceptors (Lipinski definition) is 4. The van der Waals surface area contributed by atoms with E-state index in [-0.39, 0.29) is 30.5 Å². The smallest absolute Gasteiger partial charge is 0.410 e. The lowest BCUT2D eigenvalue weighted by molar-refractivity contribution is -0.160. The summed E-state index contributed by atoms with van der Waals surface area (Å²) in [4.78, 5) is 17.9. The van der Waals surface area contributed by atoms with Crippen molar-refractivity contribution >= 4 is 11.9 Å². The fourth-order valence-corrected chi connectivity index (χ4v) is 3.37. The predicted octanol–water partition coefficient (Wildman–Crippen LogP) is 4.49. The van der Waals surface area contributed by atoms with E-state index in [9.17, 15) is 18.0 Å². The Kier molecular flexibility index (Phi) is 5.03. The first-order chi connectivity index (χ1) is 12.5. The fraction of sp³-hybridized carbons (Fsp3) is 0.684. The molecule has 2 fully saturated rings. The Balaban J connectivity index is 1.52. The highest BCUT2D eigenvalue weighted by molar-refractivity contribution is 5.68. The summed E-state index contributed by atoms with van der Waals surface area (Å²) in [7, 11) is 0. The average molecular weight is 385 g/mol. The van der Waals surface area contributed by atoms with Gasteiger partial charge < -0.3 is 15.0 Å². The number of alkyl halides is 3. The highest BCUT2D eigenvalue weighted by atomic mass is 19.4. The number of pyridine rings is 1. The van der Waals surface area contributed by atoms with Gasteiger partial charge in [-0.15, -0.1) is 0 Å². The van der Waals surface area contributed by atoms with Crippen LogP contribution in [-0.2, 0) is 10.2 Å². The van der Waals surface area contributed by atoms with Gasteiger partial charge in [-0.3, -0.25) is 0 Å². The molecule has 0 aromatic carbocycles. The van der Waals surface area contributed by atoms with Gasteiger partial charge in [-0.25, -0.2) is 9.78 Å². The van der Waals surface area contributed by atoms with Gasteiger partial charge in [0.1, 0.15) is 11.4 Å². The third kappa shape index (κ3) is 4.47. The van der Waals surface area contributed by atoms with Crippen LogP contribution in [0.25, 0.3) is 0 Å². The largest absolute Gasteiger partial charge is 0.444 e. The lowest BCUT2D eigenvalue weighted by Gasteiger charge is -2.34. The molecule has 0 radical (unpaired) electrons. The highest BCUT2D eigenvalue weighted by Gasteiger charge is 2.64. The van der Waals surface area contributed by atoms with Crippen LogP contribution in [0.2, 0.25) is 0 Å². The fourth-order valence-electron chi connectivity index (χ4n) is 3.37. The number of halogens is 3. The van der Waals surface area contributed by atoms with Crippen LogP contribution in [0.3, 0.4) is 0 Å². The molecule has 1 N–H and O–H groups in total. The van der Waals surface area contributed by atoms with Gasteiger partial charge >= 0.3 is 12.3 Å². The topological polar surface area (TPSA) is 54.5 Å². The van der Waals surface area contributed by atoms with Crippen LogP contribution in [0.4, 0.5) is 23.8 Å². The molecule has 8 heteroatoms. The van der Waals surface area contributed by atoms with Crippen LogP contribution >= 0.6 is 0 Å². The molecule has 0 atom stereocenters. The molecule has 1 aromatic rings. The molecule has 2 aliphatic rings. The number of likely N-dealkylation sites (tertiary alicyclic amines) is 1. The minimum Gasteiger partial charge on any atom is -0.444 e. The monoisotopic (exact) mass is 385 g/mol. The highest BCUT2D eigenvalue weighted by Crippen LogP contribution is 2.58. The Morgan fingerprint density at radius 3 is 2.30 bits per heavy atom. The van der Waals surface area contributed by atoms with E-state index in [1.165, 1.54) is 12.3 Å². The van der Waals surface area contributed by atoms with Gasteiger partial charge in [-0.1, -0.05) is 6.07 Å². The van der Waals surface area contributed by atoms with Crippen molar-refractivity contribution in [3.63, 3.8) is 0 Å². The van der Waals surface area contributed by atoms with Gasteiger partial charge in [0, 0.05) is 25.3 Å². The summed E-state index contributed by atoms with van der Waals surface area (Å²) in [5, 5.41) is 3.26. The van der Waals surface area contributed by atoms with Crippen molar-refractivity contribution in [1.82, 2.24) is 9.88 Å². The molecule has 5 nitrogen and oxygen atoms in total. The lowest BCUT2D eigenvalue weighted by Crippen LogP contribution is -2.44. The van der Waals surface area contributed by atoms with Crippen molar-refractivity contribution < 1.29 is 22.7 Å². The van der Waals surface area contributed by atoms with Gasteiger partial charge in [0.2, 0.25) is 0 Å². The first-order valence-corrected chi connectivity index (χ1v) is 9.28. The zero-order chi connectivity index (χ0) is 19.9. The Bertz CT molecular complexity index is 671. The maximum Gasteiger partial charge on any atom is 0.410 e. The first-order valence-electron chi connectivity index (χ1n) is 9.28. The van der Waals surface area contributed by atoms with Crippen LogP contribution < -0.4 is 5.32 Å². The summed E-state index contributed by atoms with van der Waals surface area (Å²) in [5.74, 6) is 0.562. The zero-order valence-electron chi connectivity index (χ0n) is 15.9. The number of carbonyl (C=O) groups is 1. The van der Waals surface area contributed by atoms with E-state index in [2.05, 4.69) is 10.3 Å². The van der Waals surface area contributed by atoms with Crippen molar-refractivity contribution in [2.24, 2.45) is 0 Å². The molecule has 1 aromatic heterocycles. The molecule has 0 unspecified atom stereocenters. The second-order valence-electron chi connectivity index (χ2n) is 8.40. The molecule has 1 amide bonds. The van der Waals surface area contributed by atoms with Crippen LogP contribution in [0.5, 0.6) is 0 Å². The molecule has 0 spiro atoms. The van der Waals surface area contributed by atoms with Gasteiger partial charge in [-0.05, 0) is 58.1 Å². The van der Waals surface area contributed by atoms with Crippen LogP contribution in [-0.4, -0.2) is 46.9 Å². The number of rotatable bonds is 3. The van der Waals surface area contributed by atoms with Crippen molar-refractivity contribution in [3.05, 3.63) is 23.9 Å².